The Morgan fingerprint density at radius 2 is 2.17 bits per heavy atom. The van der Waals surface area contributed by atoms with Crippen LogP contribution in [0.2, 0.25) is 0 Å². The summed E-state index contributed by atoms with van der Waals surface area (Å²) in [5, 5.41) is 21.9. The third-order valence-corrected chi connectivity index (χ3v) is 3.72. The van der Waals surface area contributed by atoms with Gasteiger partial charge in [0, 0.05) is 4.90 Å². The molecule has 0 saturated carbocycles. The second kappa shape index (κ2) is 7.30. The van der Waals surface area contributed by atoms with E-state index in [9.17, 15) is 10.4 Å². The molecule has 4 heteroatoms. The van der Waals surface area contributed by atoms with Crippen molar-refractivity contribution in [3.05, 3.63) is 23.8 Å². The van der Waals surface area contributed by atoms with E-state index in [-0.39, 0.29) is 12.6 Å². The molecule has 0 fully saturated rings. The highest BCUT2D eigenvalue weighted by Gasteiger charge is 2.15. The second-order valence-corrected chi connectivity index (χ2v) is 5.71. The van der Waals surface area contributed by atoms with Crippen molar-refractivity contribution >= 4 is 17.4 Å². The second-order valence-electron chi connectivity index (χ2n) is 4.40. The Morgan fingerprint density at radius 1 is 1.44 bits per heavy atom. The Hall–Kier alpha value is -1.18. The largest absolute Gasteiger partial charge is 0.394 e. The number of nitriles is 1. The van der Waals surface area contributed by atoms with Crippen molar-refractivity contribution in [2.45, 2.75) is 31.7 Å². The molecule has 0 saturated heterocycles. The zero-order chi connectivity index (χ0) is 13.5. The number of benzene rings is 1. The minimum absolute atomic E-state index is 0.0287. The van der Waals surface area contributed by atoms with E-state index in [0.29, 0.717) is 11.5 Å². The van der Waals surface area contributed by atoms with E-state index < -0.39 is 0 Å². The monoisotopic (exact) mass is 264 g/mol. The first-order chi connectivity index (χ1) is 8.63. The highest BCUT2D eigenvalue weighted by molar-refractivity contribution is 7.99. The number of hydrogen-bond acceptors (Lipinski definition) is 4. The smallest absolute Gasteiger partial charge is 0.102 e. The molecule has 1 aromatic carbocycles. The van der Waals surface area contributed by atoms with Gasteiger partial charge in [0.25, 0.3) is 0 Å². The van der Waals surface area contributed by atoms with Crippen LogP contribution in [-0.2, 0) is 0 Å². The summed E-state index contributed by atoms with van der Waals surface area (Å²) in [5.74, 6) is 1.25. The lowest BCUT2D eigenvalue weighted by atomic mass is 10.0. The van der Waals surface area contributed by atoms with Crippen molar-refractivity contribution in [2.75, 3.05) is 17.7 Å². The summed E-state index contributed by atoms with van der Waals surface area (Å²) in [4.78, 5) is 0.991. The highest BCUT2D eigenvalue weighted by Crippen LogP contribution is 2.28. The molecule has 0 aliphatic carbocycles. The fourth-order valence-electron chi connectivity index (χ4n) is 1.67. The number of anilines is 1. The number of nitrogens with zero attached hydrogens (tertiary/aromatic N) is 1. The van der Waals surface area contributed by atoms with Gasteiger partial charge in [-0.2, -0.15) is 5.26 Å². The Balaban J connectivity index is 3.02. The fourth-order valence-corrected chi connectivity index (χ4v) is 2.45. The van der Waals surface area contributed by atoms with Gasteiger partial charge in [0.15, 0.2) is 0 Å². The van der Waals surface area contributed by atoms with Crippen molar-refractivity contribution in [1.82, 2.24) is 0 Å². The third-order valence-electron chi connectivity index (χ3n) is 2.78. The van der Waals surface area contributed by atoms with Gasteiger partial charge < -0.3 is 10.4 Å². The van der Waals surface area contributed by atoms with Crippen LogP contribution in [0.15, 0.2) is 23.1 Å². The van der Waals surface area contributed by atoms with Crippen LogP contribution in [0.4, 0.5) is 5.69 Å². The molecule has 0 radical (unpaired) electrons. The number of thioether (sulfide) groups is 1. The van der Waals surface area contributed by atoms with Crippen LogP contribution in [0.5, 0.6) is 0 Å². The summed E-state index contributed by atoms with van der Waals surface area (Å²) in [6, 6.07) is 8.02. The van der Waals surface area contributed by atoms with Gasteiger partial charge in [-0.1, -0.05) is 26.8 Å². The maximum Gasteiger partial charge on any atom is 0.102 e. The van der Waals surface area contributed by atoms with E-state index in [1.807, 2.05) is 32.0 Å². The van der Waals surface area contributed by atoms with Crippen molar-refractivity contribution in [3.8, 4) is 6.07 Å². The van der Waals surface area contributed by atoms with Crippen molar-refractivity contribution < 1.29 is 5.11 Å². The highest BCUT2D eigenvalue weighted by atomic mass is 32.2. The van der Waals surface area contributed by atoms with Crippen molar-refractivity contribution in [1.29, 1.82) is 5.26 Å². The number of rotatable bonds is 6. The molecular formula is C14H20N2OS. The van der Waals surface area contributed by atoms with Crippen LogP contribution in [0, 0.1) is 17.2 Å². The third kappa shape index (κ3) is 3.66. The van der Waals surface area contributed by atoms with E-state index in [2.05, 4.69) is 18.3 Å². The molecule has 1 atom stereocenters. The molecule has 2 N–H and O–H groups in total. The number of nitrogens with one attached hydrogen (secondary N) is 1. The topological polar surface area (TPSA) is 56.0 Å². The van der Waals surface area contributed by atoms with Gasteiger partial charge in [0.05, 0.1) is 23.9 Å². The van der Waals surface area contributed by atoms with E-state index in [4.69, 9.17) is 0 Å². The van der Waals surface area contributed by atoms with Crippen molar-refractivity contribution in [2.24, 2.45) is 5.92 Å². The van der Waals surface area contributed by atoms with E-state index in [0.717, 1.165) is 16.3 Å². The SMILES string of the molecule is CCSc1cccc(N[C@H](CO)C(C)C)c1C#N. The number of aliphatic hydroxyl groups excluding tert-OH is 1. The molecule has 0 unspecified atom stereocenters. The first-order valence-electron chi connectivity index (χ1n) is 6.17. The van der Waals surface area contributed by atoms with Crippen LogP contribution >= 0.6 is 11.8 Å². The lowest BCUT2D eigenvalue weighted by Gasteiger charge is -2.22. The average Bonchev–Trinajstić information content (AvgIpc) is 2.36. The molecule has 1 aromatic rings. The lowest BCUT2D eigenvalue weighted by molar-refractivity contribution is 0.249. The molecule has 0 spiro atoms. The van der Waals surface area contributed by atoms with E-state index in [1.54, 1.807) is 11.8 Å². The van der Waals surface area contributed by atoms with Gasteiger partial charge in [-0.05, 0) is 23.8 Å². The molecule has 98 valence electrons. The molecular weight excluding hydrogens is 244 g/mol. The van der Waals surface area contributed by atoms with Crippen LogP contribution < -0.4 is 5.32 Å². The minimum Gasteiger partial charge on any atom is -0.394 e. The summed E-state index contributed by atoms with van der Waals surface area (Å²) in [5.41, 5.74) is 1.48. The zero-order valence-electron chi connectivity index (χ0n) is 11.1. The minimum atomic E-state index is -0.0287. The molecule has 0 aliphatic heterocycles. The Kier molecular flexibility index (Phi) is 6.03. The summed E-state index contributed by atoms with van der Waals surface area (Å²) < 4.78 is 0. The maximum atomic E-state index is 9.34. The predicted molar refractivity (Wildman–Crippen MR) is 76.9 cm³/mol. The van der Waals surface area contributed by atoms with Gasteiger partial charge in [-0.25, -0.2) is 0 Å². The summed E-state index contributed by atoms with van der Waals surface area (Å²) in [6.45, 7) is 6.22. The lowest BCUT2D eigenvalue weighted by Crippen LogP contribution is -2.29. The Bertz CT molecular complexity index is 426. The quantitative estimate of drug-likeness (QED) is 0.775. The molecule has 18 heavy (non-hydrogen) atoms. The molecule has 0 bridgehead atoms. The number of aliphatic hydroxyl groups is 1. The fraction of sp³-hybridized carbons (Fsp3) is 0.500. The summed E-state index contributed by atoms with van der Waals surface area (Å²) >= 11 is 1.66. The first kappa shape index (κ1) is 14.9. The van der Waals surface area contributed by atoms with Crippen molar-refractivity contribution in [3.63, 3.8) is 0 Å². The predicted octanol–water partition coefficient (Wildman–Crippen LogP) is 3.10. The molecule has 0 aliphatic rings. The summed E-state index contributed by atoms with van der Waals surface area (Å²) in [6.07, 6.45) is 0. The van der Waals surface area contributed by atoms with Gasteiger partial charge in [-0.3, -0.25) is 0 Å². The standard InChI is InChI=1S/C14H20N2OS/c1-4-18-14-7-5-6-12(11(14)8-15)16-13(9-17)10(2)3/h5-7,10,13,16-17H,4,9H2,1-3H3/t13-/m1/s1. The van der Waals surface area contributed by atoms with E-state index in [1.165, 1.54) is 0 Å². The molecule has 0 amide bonds. The van der Waals surface area contributed by atoms with Gasteiger partial charge in [0.2, 0.25) is 0 Å². The maximum absolute atomic E-state index is 9.34. The Labute approximate surface area is 113 Å². The summed E-state index contributed by atoms with van der Waals surface area (Å²) in [7, 11) is 0. The number of hydrogen-bond donors (Lipinski definition) is 2. The molecule has 0 aromatic heterocycles. The van der Waals surface area contributed by atoms with Gasteiger partial charge >= 0.3 is 0 Å². The Morgan fingerprint density at radius 3 is 2.67 bits per heavy atom. The van der Waals surface area contributed by atoms with Gasteiger partial charge in [0.1, 0.15) is 6.07 Å². The van der Waals surface area contributed by atoms with Crippen LogP contribution in [0.3, 0.4) is 0 Å². The van der Waals surface area contributed by atoms with Crippen LogP contribution in [0.25, 0.3) is 0 Å². The van der Waals surface area contributed by atoms with Crippen LogP contribution in [-0.4, -0.2) is 23.5 Å². The zero-order valence-corrected chi connectivity index (χ0v) is 11.9. The first-order valence-corrected chi connectivity index (χ1v) is 7.15. The van der Waals surface area contributed by atoms with Crippen LogP contribution in [0.1, 0.15) is 26.3 Å². The molecule has 0 heterocycles. The molecule has 1 rings (SSSR count). The van der Waals surface area contributed by atoms with E-state index >= 15 is 0 Å². The average molecular weight is 264 g/mol. The molecule has 3 nitrogen and oxygen atoms in total. The normalized spacial score (nSPS) is 12.2. The van der Waals surface area contributed by atoms with Gasteiger partial charge in [-0.15, -0.1) is 11.8 Å².